The summed E-state index contributed by atoms with van der Waals surface area (Å²) in [7, 11) is 1.69. The lowest BCUT2D eigenvalue weighted by molar-refractivity contribution is 0.0175. The third kappa shape index (κ3) is 2.83. The summed E-state index contributed by atoms with van der Waals surface area (Å²) in [5, 5.41) is 5.47. The van der Waals surface area contributed by atoms with Gasteiger partial charge < -0.3 is 15.8 Å². The second kappa shape index (κ2) is 5.12. The number of rotatable bonds is 4. The van der Waals surface area contributed by atoms with Crippen LogP contribution in [0.1, 0.15) is 41.3 Å². The van der Waals surface area contributed by atoms with E-state index in [9.17, 15) is 4.79 Å². The van der Waals surface area contributed by atoms with Crippen LogP contribution in [0, 0.1) is 0 Å². The summed E-state index contributed by atoms with van der Waals surface area (Å²) in [5.41, 5.74) is 6.16. The Morgan fingerprint density at radius 2 is 2.41 bits per heavy atom. The number of thiazole rings is 1. The molecule has 1 aromatic heterocycles. The van der Waals surface area contributed by atoms with Crippen LogP contribution in [0.25, 0.3) is 0 Å². The number of carbonyl (C=O) groups is 1. The van der Waals surface area contributed by atoms with Gasteiger partial charge in [-0.3, -0.25) is 4.79 Å². The fourth-order valence-corrected chi connectivity index (χ4v) is 2.49. The molecule has 1 amide bonds. The molecule has 0 aromatic carbocycles. The van der Waals surface area contributed by atoms with E-state index in [1.807, 2.05) is 6.92 Å². The Morgan fingerprint density at radius 3 is 2.94 bits per heavy atom. The van der Waals surface area contributed by atoms with Crippen molar-refractivity contribution in [2.45, 2.75) is 38.0 Å². The summed E-state index contributed by atoms with van der Waals surface area (Å²) in [6.45, 7) is 1.86. The van der Waals surface area contributed by atoms with Crippen molar-refractivity contribution in [2.75, 3.05) is 7.11 Å². The summed E-state index contributed by atoms with van der Waals surface area (Å²) < 4.78 is 5.16. The smallest absolute Gasteiger partial charge is 0.270 e. The molecule has 1 aliphatic carbocycles. The third-order valence-electron chi connectivity index (χ3n) is 2.91. The molecular weight excluding hydrogens is 238 g/mol. The van der Waals surface area contributed by atoms with Crippen molar-refractivity contribution in [3.8, 4) is 0 Å². The van der Waals surface area contributed by atoms with Crippen LogP contribution >= 0.6 is 11.3 Å². The summed E-state index contributed by atoms with van der Waals surface area (Å²) in [6, 6.07) is 0.0935. The van der Waals surface area contributed by atoms with Crippen molar-refractivity contribution >= 4 is 17.2 Å². The Hall–Kier alpha value is -0.980. The minimum Gasteiger partial charge on any atom is -0.381 e. The third-order valence-corrected chi connectivity index (χ3v) is 3.95. The second-order valence-electron chi connectivity index (χ2n) is 4.36. The lowest BCUT2D eigenvalue weighted by atomic mass is 9.89. The lowest BCUT2D eigenvalue weighted by Gasteiger charge is -2.34. The Balaban J connectivity index is 1.87. The fourth-order valence-electron chi connectivity index (χ4n) is 1.74. The molecule has 0 saturated heterocycles. The van der Waals surface area contributed by atoms with E-state index in [0.717, 1.165) is 17.8 Å². The van der Waals surface area contributed by atoms with E-state index >= 15 is 0 Å². The van der Waals surface area contributed by atoms with E-state index in [-0.39, 0.29) is 24.1 Å². The van der Waals surface area contributed by atoms with E-state index in [0.29, 0.717) is 5.69 Å². The van der Waals surface area contributed by atoms with Crippen LogP contribution in [0.4, 0.5) is 0 Å². The van der Waals surface area contributed by atoms with Gasteiger partial charge in [0.05, 0.1) is 12.1 Å². The topological polar surface area (TPSA) is 77.2 Å². The molecule has 0 aliphatic heterocycles. The number of carbonyl (C=O) groups excluding carboxylic acids is 1. The van der Waals surface area contributed by atoms with Crippen molar-refractivity contribution in [1.29, 1.82) is 0 Å². The number of hydrogen-bond donors (Lipinski definition) is 2. The van der Waals surface area contributed by atoms with Gasteiger partial charge in [0.1, 0.15) is 10.7 Å². The molecule has 0 bridgehead atoms. The molecule has 17 heavy (non-hydrogen) atoms. The molecule has 94 valence electrons. The fraction of sp³-hybridized carbons (Fsp3) is 0.636. The Labute approximate surface area is 104 Å². The van der Waals surface area contributed by atoms with Crippen LogP contribution in [0.3, 0.4) is 0 Å². The number of amides is 1. The number of methoxy groups -OCH3 is 1. The first-order valence-electron chi connectivity index (χ1n) is 5.64. The summed E-state index contributed by atoms with van der Waals surface area (Å²) >= 11 is 1.42. The van der Waals surface area contributed by atoms with E-state index < -0.39 is 0 Å². The van der Waals surface area contributed by atoms with E-state index in [1.54, 1.807) is 12.5 Å². The molecule has 2 rings (SSSR count). The highest BCUT2D eigenvalue weighted by Crippen LogP contribution is 2.23. The highest BCUT2D eigenvalue weighted by Gasteiger charge is 2.30. The summed E-state index contributed by atoms with van der Waals surface area (Å²) in [5.74, 6) is -0.118. The molecule has 1 heterocycles. The average molecular weight is 255 g/mol. The molecule has 1 fully saturated rings. The SMILES string of the molecule is COC1CC(NC(=O)c2csc(C(C)N)n2)C1. The summed E-state index contributed by atoms with van der Waals surface area (Å²) in [6.07, 6.45) is 2.05. The molecule has 3 N–H and O–H groups in total. The number of nitrogens with zero attached hydrogens (tertiary/aromatic N) is 1. The van der Waals surface area contributed by atoms with Gasteiger partial charge in [-0.25, -0.2) is 4.98 Å². The minimum absolute atomic E-state index is 0.118. The standard InChI is InChI=1S/C11H17N3O2S/c1-6(12)11-14-9(5-17-11)10(15)13-7-3-8(4-7)16-2/h5-8H,3-4,12H2,1-2H3,(H,13,15). The number of aromatic nitrogens is 1. The van der Waals surface area contributed by atoms with Crippen molar-refractivity contribution in [1.82, 2.24) is 10.3 Å². The van der Waals surface area contributed by atoms with Crippen molar-refractivity contribution in [2.24, 2.45) is 5.73 Å². The van der Waals surface area contributed by atoms with Gasteiger partial charge in [0.25, 0.3) is 5.91 Å². The predicted molar refractivity (Wildman–Crippen MR) is 66.0 cm³/mol. The van der Waals surface area contributed by atoms with E-state index in [2.05, 4.69) is 10.3 Å². The van der Waals surface area contributed by atoms with Crippen LogP contribution in [0.2, 0.25) is 0 Å². The zero-order valence-electron chi connectivity index (χ0n) is 9.97. The van der Waals surface area contributed by atoms with Crippen LogP contribution in [0.5, 0.6) is 0 Å². The molecule has 1 atom stereocenters. The second-order valence-corrected chi connectivity index (χ2v) is 5.25. The van der Waals surface area contributed by atoms with Gasteiger partial charge in [0, 0.05) is 18.5 Å². The van der Waals surface area contributed by atoms with Gasteiger partial charge in [-0.2, -0.15) is 0 Å². The monoisotopic (exact) mass is 255 g/mol. The van der Waals surface area contributed by atoms with Crippen LogP contribution < -0.4 is 11.1 Å². The van der Waals surface area contributed by atoms with Crippen LogP contribution in [0.15, 0.2) is 5.38 Å². The molecule has 1 unspecified atom stereocenters. The first-order valence-corrected chi connectivity index (χ1v) is 6.52. The van der Waals surface area contributed by atoms with Gasteiger partial charge in [-0.05, 0) is 19.8 Å². The Morgan fingerprint density at radius 1 is 1.71 bits per heavy atom. The van der Waals surface area contributed by atoms with E-state index in [1.165, 1.54) is 11.3 Å². The molecule has 0 spiro atoms. The lowest BCUT2D eigenvalue weighted by Crippen LogP contribution is -2.47. The normalized spacial score (nSPS) is 25.1. The maximum atomic E-state index is 11.8. The first-order chi connectivity index (χ1) is 8.10. The maximum absolute atomic E-state index is 11.8. The Kier molecular flexibility index (Phi) is 3.76. The quantitative estimate of drug-likeness (QED) is 0.843. The molecular formula is C11H17N3O2S. The molecule has 0 radical (unpaired) electrons. The van der Waals surface area contributed by atoms with Crippen LogP contribution in [-0.4, -0.2) is 30.1 Å². The highest BCUT2D eigenvalue weighted by atomic mass is 32.1. The minimum atomic E-state index is -0.122. The molecule has 6 heteroatoms. The Bertz CT molecular complexity index is 399. The molecule has 1 aromatic rings. The number of nitrogens with two attached hydrogens (primary N) is 1. The van der Waals surface area contributed by atoms with Gasteiger partial charge >= 0.3 is 0 Å². The van der Waals surface area contributed by atoms with Gasteiger partial charge in [-0.1, -0.05) is 0 Å². The number of nitrogens with one attached hydrogen (secondary N) is 1. The number of hydrogen-bond acceptors (Lipinski definition) is 5. The zero-order chi connectivity index (χ0) is 12.4. The van der Waals surface area contributed by atoms with Crippen LogP contribution in [-0.2, 0) is 4.74 Å². The largest absolute Gasteiger partial charge is 0.381 e. The molecule has 1 saturated carbocycles. The predicted octanol–water partition coefficient (Wildman–Crippen LogP) is 1.07. The van der Waals surface area contributed by atoms with Gasteiger partial charge in [-0.15, -0.1) is 11.3 Å². The maximum Gasteiger partial charge on any atom is 0.270 e. The van der Waals surface area contributed by atoms with Crippen molar-refractivity contribution < 1.29 is 9.53 Å². The first kappa shape index (κ1) is 12.5. The molecule has 1 aliphatic rings. The summed E-state index contributed by atoms with van der Waals surface area (Å²) in [4.78, 5) is 16.0. The van der Waals surface area contributed by atoms with Gasteiger partial charge in [0.2, 0.25) is 0 Å². The number of ether oxygens (including phenoxy) is 1. The highest BCUT2D eigenvalue weighted by molar-refractivity contribution is 7.09. The molecule has 5 nitrogen and oxygen atoms in total. The average Bonchev–Trinajstić information content (AvgIpc) is 2.71. The van der Waals surface area contributed by atoms with Gasteiger partial charge in [0.15, 0.2) is 0 Å². The van der Waals surface area contributed by atoms with Crippen molar-refractivity contribution in [3.05, 3.63) is 16.1 Å². The van der Waals surface area contributed by atoms with Crippen molar-refractivity contribution in [3.63, 3.8) is 0 Å². The van der Waals surface area contributed by atoms with E-state index in [4.69, 9.17) is 10.5 Å². The zero-order valence-corrected chi connectivity index (χ0v) is 10.8.